The number of primary amides is 1. The molecule has 0 aromatic carbocycles. The van der Waals surface area contributed by atoms with Gasteiger partial charge in [-0.25, -0.2) is 0 Å². The van der Waals surface area contributed by atoms with Crippen LogP contribution in [0.1, 0.15) is 23.8 Å². The van der Waals surface area contributed by atoms with Gasteiger partial charge in [0, 0.05) is 37.3 Å². The third kappa shape index (κ3) is 2.73. The second-order valence-electron chi connectivity index (χ2n) is 4.80. The quantitative estimate of drug-likeness (QED) is 0.885. The lowest BCUT2D eigenvalue weighted by molar-refractivity contribution is -0.121. The number of ether oxygens (including phenoxy) is 1. The summed E-state index contributed by atoms with van der Waals surface area (Å²) in [6, 6.07) is 1.15. The van der Waals surface area contributed by atoms with Crippen LogP contribution in [0, 0.1) is 0 Å². The molecule has 1 saturated heterocycles. The first-order chi connectivity index (χ1) is 9.47. The molecular weight excluding hydrogens is 326 g/mol. The number of rotatable bonds is 4. The van der Waals surface area contributed by atoms with Crippen LogP contribution in [-0.4, -0.2) is 47.1 Å². The number of carbonyl (C=O) groups is 2. The molecule has 0 aliphatic carbocycles. The Hall–Kier alpha value is -1.34. The number of nitrogens with two attached hydrogens (primary N) is 1. The van der Waals surface area contributed by atoms with E-state index in [9.17, 15) is 9.59 Å². The molecule has 1 aromatic heterocycles. The third-order valence-corrected chi connectivity index (χ3v) is 4.04. The van der Waals surface area contributed by atoms with E-state index in [1.165, 1.54) is 4.90 Å². The highest BCUT2D eigenvalue weighted by molar-refractivity contribution is 9.10. The smallest absolute Gasteiger partial charge is 0.271 e. The van der Waals surface area contributed by atoms with E-state index in [1.54, 1.807) is 13.2 Å². The van der Waals surface area contributed by atoms with Crippen LogP contribution in [-0.2, 0) is 16.1 Å². The van der Waals surface area contributed by atoms with Crippen LogP contribution in [0.5, 0.6) is 0 Å². The van der Waals surface area contributed by atoms with Gasteiger partial charge >= 0.3 is 0 Å². The molecule has 1 aliphatic rings. The highest BCUT2D eigenvalue weighted by Crippen LogP contribution is 2.24. The Morgan fingerprint density at radius 2 is 2.25 bits per heavy atom. The maximum atomic E-state index is 12.6. The number of halogens is 1. The molecule has 2 atom stereocenters. The largest absolute Gasteiger partial charge is 0.380 e. The lowest BCUT2D eigenvalue weighted by Crippen LogP contribution is -2.44. The summed E-state index contributed by atoms with van der Waals surface area (Å²) in [5.41, 5.74) is 5.94. The van der Waals surface area contributed by atoms with Gasteiger partial charge < -0.3 is 19.9 Å². The van der Waals surface area contributed by atoms with E-state index in [0.717, 1.165) is 4.47 Å². The number of methoxy groups -OCH3 is 1. The lowest BCUT2D eigenvalue weighted by atomic mass is 10.2. The van der Waals surface area contributed by atoms with Crippen LogP contribution in [0.15, 0.2) is 16.7 Å². The molecule has 0 saturated carbocycles. The molecule has 0 radical (unpaired) electrons. The summed E-state index contributed by atoms with van der Waals surface area (Å²) in [4.78, 5) is 25.7. The van der Waals surface area contributed by atoms with Crippen LogP contribution in [0.25, 0.3) is 0 Å². The molecule has 2 N–H and O–H groups in total. The molecule has 1 aromatic rings. The van der Waals surface area contributed by atoms with Gasteiger partial charge in [0.1, 0.15) is 11.7 Å². The Bertz CT molecular complexity index is 529. The van der Waals surface area contributed by atoms with E-state index in [4.69, 9.17) is 10.5 Å². The van der Waals surface area contributed by atoms with Gasteiger partial charge in [0.2, 0.25) is 5.91 Å². The Labute approximate surface area is 126 Å². The van der Waals surface area contributed by atoms with Gasteiger partial charge in [-0.15, -0.1) is 0 Å². The lowest BCUT2D eigenvalue weighted by Gasteiger charge is -2.22. The summed E-state index contributed by atoms with van der Waals surface area (Å²) in [5, 5.41) is 0. The molecule has 0 unspecified atom stereocenters. The van der Waals surface area contributed by atoms with E-state index < -0.39 is 11.9 Å². The molecule has 2 rings (SSSR count). The van der Waals surface area contributed by atoms with E-state index in [2.05, 4.69) is 15.9 Å². The standard InChI is InChI=1S/C13H18BrN3O3/c1-3-16-6-8(14)4-11(16)13(19)17-7-9(20-2)5-10(17)12(15)18/h4,6,9-10H,3,5,7H2,1-2H3,(H2,15,18)/t9-,10-/m0/s1. The molecule has 0 spiro atoms. The molecule has 7 heteroatoms. The van der Waals surface area contributed by atoms with Crippen molar-refractivity contribution in [3.63, 3.8) is 0 Å². The zero-order chi connectivity index (χ0) is 14.9. The number of likely N-dealkylation sites (tertiary alicyclic amines) is 1. The molecule has 110 valence electrons. The minimum Gasteiger partial charge on any atom is -0.380 e. The van der Waals surface area contributed by atoms with Crippen molar-refractivity contribution in [3.05, 3.63) is 22.4 Å². The summed E-state index contributed by atoms with van der Waals surface area (Å²) in [7, 11) is 1.57. The number of aromatic nitrogens is 1. The van der Waals surface area contributed by atoms with Crippen LogP contribution >= 0.6 is 15.9 Å². The van der Waals surface area contributed by atoms with Gasteiger partial charge in [0.05, 0.1) is 6.10 Å². The highest BCUT2D eigenvalue weighted by atomic mass is 79.9. The summed E-state index contributed by atoms with van der Waals surface area (Å²) in [5.74, 6) is -0.688. The van der Waals surface area contributed by atoms with Crippen LogP contribution in [0.4, 0.5) is 0 Å². The molecule has 0 bridgehead atoms. The van der Waals surface area contributed by atoms with Crippen molar-refractivity contribution in [1.82, 2.24) is 9.47 Å². The van der Waals surface area contributed by atoms with Crippen molar-refractivity contribution in [3.8, 4) is 0 Å². The topological polar surface area (TPSA) is 77.6 Å². The van der Waals surface area contributed by atoms with Crippen molar-refractivity contribution in [2.75, 3.05) is 13.7 Å². The second kappa shape index (κ2) is 5.97. The molecule has 1 fully saturated rings. The van der Waals surface area contributed by atoms with Gasteiger partial charge in [-0.2, -0.15) is 0 Å². The molecule has 1 aliphatic heterocycles. The predicted molar refractivity (Wildman–Crippen MR) is 77.2 cm³/mol. The average Bonchev–Trinajstić information content (AvgIpc) is 3.00. The van der Waals surface area contributed by atoms with Crippen molar-refractivity contribution < 1.29 is 14.3 Å². The molecule has 2 amide bonds. The normalized spacial score (nSPS) is 22.2. The first-order valence-electron chi connectivity index (χ1n) is 6.46. The van der Waals surface area contributed by atoms with Crippen LogP contribution in [0.3, 0.4) is 0 Å². The Morgan fingerprint density at radius 1 is 1.55 bits per heavy atom. The van der Waals surface area contributed by atoms with Gasteiger partial charge in [0.25, 0.3) is 5.91 Å². The Balaban J connectivity index is 2.28. The summed E-state index contributed by atoms with van der Waals surface area (Å²) >= 11 is 3.36. The van der Waals surface area contributed by atoms with E-state index >= 15 is 0 Å². The summed E-state index contributed by atoms with van der Waals surface area (Å²) in [6.07, 6.45) is 2.15. The number of nitrogens with zero attached hydrogens (tertiary/aromatic N) is 2. The number of amides is 2. The summed E-state index contributed by atoms with van der Waals surface area (Å²) < 4.78 is 7.92. The van der Waals surface area contributed by atoms with E-state index in [-0.39, 0.29) is 12.0 Å². The second-order valence-corrected chi connectivity index (χ2v) is 5.71. The first-order valence-corrected chi connectivity index (χ1v) is 7.26. The number of hydrogen-bond acceptors (Lipinski definition) is 3. The fraction of sp³-hybridized carbons (Fsp3) is 0.538. The molecule has 2 heterocycles. The number of hydrogen-bond donors (Lipinski definition) is 1. The van der Waals surface area contributed by atoms with Crippen LogP contribution in [0.2, 0.25) is 0 Å². The maximum absolute atomic E-state index is 12.6. The zero-order valence-electron chi connectivity index (χ0n) is 11.5. The minimum atomic E-state index is -0.605. The molecule has 20 heavy (non-hydrogen) atoms. The predicted octanol–water partition coefficient (Wildman–Crippen LogP) is 0.985. The Kier molecular flexibility index (Phi) is 4.49. The monoisotopic (exact) mass is 343 g/mol. The Morgan fingerprint density at radius 3 is 2.80 bits per heavy atom. The fourth-order valence-corrected chi connectivity index (χ4v) is 2.99. The number of carbonyl (C=O) groups excluding carboxylic acids is 2. The third-order valence-electron chi connectivity index (χ3n) is 3.61. The first kappa shape index (κ1) is 15.1. The molecular formula is C13H18BrN3O3. The zero-order valence-corrected chi connectivity index (χ0v) is 13.1. The van der Waals surface area contributed by atoms with Gasteiger partial charge in [-0.3, -0.25) is 9.59 Å². The van der Waals surface area contributed by atoms with Crippen molar-refractivity contribution in [2.45, 2.75) is 32.0 Å². The van der Waals surface area contributed by atoms with Gasteiger partial charge in [-0.1, -0.05) is 0 Å². The average molecular weight is 344 g/mol. The van der Waals surface area contributed by atoms with Crippen LogP contribution < -0.4 is 5.73 Å². The van der Waals surface area contributed by atoms with Crippen molar-refractivity contribution in [2.24, 2.45) is 5.73 Å². The van der Waals surface area contributed by atoms with Gasteiger partial charge in [-0.05, 0) is 28.9 Å². The SMILES string of the molecule is CCn1cc(Br)cc1C(=O)N1C[C@@H](OC)C[C@H]1C(N)=O. The van der Waals surface area contributed by atoms with Crippen molar-refractivity contribution >= 4 is 27.7 Å². The van der Waals surface area contributed by atoms with Gasteiger partial charge in [0.15, 0.2) is 0 Å². The summed E-state index contributed by atoms with van der Waals surface area (Å²) in [6.45, 7) is 3.02. The molecule has 6 nitrogen and oxygen atoms in total. The minimum absolute atomic E-state index is 0.148. The number of aryl methyl sites for hydroxylation is 1. The van der Waals surface area contributed by atoms with E-state index in [0.29, 0.717) is 25.2 Å². The van der Waals surface area contributed by atoms with Crippen molar-refractivity contribution in [1.29, 1.82) is 0 Å². The van der Waals surface area contributed by atoms with E-state index in [1.807, 2.05) is 17.7 Å². The highest BCUT2D eigenvalue weighted by Gasteiger charge is 2.39. The maximum Gasteiger partial charge on any atom is 0.271 e. The fourth-order valence-electron chi connectivity index (χ4n) is 2.52.